The van der Waals surface area contributed by atoms with Crippen molar-refractivity contribution in [2.45, 2.75) is 37.7 Å². The minimum Gasteiger partial charge on any atom is -0.405 e. The highest BCUT2D eigenvalue weighted by atomic mass is 19.4. The minimum atomic E-state index is -4.84. The lowest BCUT2D eigenvalue weighted by Crippen LogP contribution is -2.33. The van der Waals surface area contributed by atoms with Gasteiger partial charge in [-0.3, -0.25) is 0 Å². The van der Waals surface area contributed by atoms with Gasteiger partial charge in [-0.1, -0.05) is 18.2 Å². The maximum absolute atomic E-state index is 12.9. The van der Waals surface area contributed by atoms with Gasteiger partial charge in [0.25, 0.3) is 0 Å². The smallest absolute Gasteiger partial charge is 0.405 e. The molecule has 0 saturated carbocycles. The van der Waals surface area contributed by atoms with Crippen molar-refractivity contribution >= 4 is 5.82 Å². The number of pyridine rings is 1. The maximum Gasteiger partial charge on any atom is 0.573 e. The number of ether oxygens (including phenoxy) is 1. The first-order valence-corrected chi connectivity index (χ1v) is 8.21. The molecule has 1 aromatic carbocycles. The molecule has 1 fully saturated rings. The van der Waals surface area contributed by atoms with Gasteiger partial charge in [-0.2, -0.15) is 5.26 Å². The maximum atomic E-state index is 12.9. The molecule has 4 rings (SSSR count). The molecule has 5 nitrogen and oxygen atoms in total. The molecule has 26 heavy (non-hydrogen) atoms. The summed E-state index contributed by atoms with van der Waals surface area (Å²) in [6.07, 6.45) is -2.42. The van der Waals surface area contributed by atoms with Crippen molar-refractivity contribution in [3.8, 4) is 22.9 Å². The number of nitrogens with two attached hydrogens (primary N) is 1. The Balaban J connectivity index is 1.99. The van der Waals surface area contributed by atoms with Gasteiger partial charge >= 0.3 is 6.36 Å². The average molecular weight is 360 g/mol. The summed E-state index contributed by atoms with van der Waals surface area (Å²) >= 11 is 0. The number of halogens is 3. The lowest BCUT2D eigenvalue weighted by atomic mass is 9.87. The molecule has 1 saturated heterocycles. The highest BCUT2D eigenvalue weighted by Crippen LogP contribution is 2.46. The van der Waals surface area contributed by atoms with E-state index in [9.17, 15) is 18.4 Å². The number of fused-ring (bicyclic) bond motifs is 4. The molecule has 3 N–H and O–H groups in total. The van der Waals surface area contributed by atoms with E-state index in [0.29, 0.717) is 12.0 Å². The first kappa shape index (κ1) is 16.7. The van der Waals surface area contributed by atoms with E-state index in [-0.39, 0.29) is 34.8 Å². The number of anilines is 1. The van der Waals surface area contributed by atoms with Crippen LogP contribution >= 0.6 is 0 Å². The van der Waals surface area contributed by atoms with Crippen LogP contribution in [0.2, 0.25) is 0 Å². The first-order valence-electron chi connectivity index (χ1n) is 8.21. The van der Waals surface area contributed by atoms with Crippen LogP contribution in [0.5, 0.6) is 5.75 Å². The van der Waals surface area contributed by atoms with E-state index in [1.165, 1.54) is 18.2 Å². The molecule has 2 aromatic rings. The molecular formula is C18H15F3N4O. The van der Waals surface area contributed by atoms with Gasteiger partial charge in [-0.15, -0.1) is 13.2 Å². The summed E-state index contributed by atoms with van der Waals surface area (Å²) < 4.78 is 42.8. The number of hydrogen-bond acceptors (Lipinski definition) is 5. The van der Waals surface area contributed by atoms with E-state index in [1.54, 1.807) is 6.07 Å². The van der Waals surface area contributed by atoms with Crippen LogP contribution in [0, 0.1) is 11.3 Å². The van der Waals surface area contributed by atoms with Crippen LogP contribution < -0.4 is 15.8 Å². The molecule has 134 valence electrons. The largest absolute Gasteiger partial charge is 0.573 e. The van der Waals surface area contributed by atoms with Crippen molar-refractivity contribution in [2.24, 2.45) is 0 Å². The Morgan fingerprint density at radius 2 is 2.04 bits per heavy atom. The van der Waals surface area contributed by atoms with Gasteiger partial charge in [0.1, 0.15) is 23.2 Å². The van der Waals surface area contributed by atoms with Gasteiger partial charge in [0, 0.05) is 40.9 Å². The van der Waals surface area contributed by atoms with Crippen molar-refractivity contribution in [1.29, 1.82) is 5.26 Å². The summed E-state index contributed by atoms with van der Waals surface area (Å²) in [5.74, 6) is -0.325. The Bertz CT molecular complexity index is 920. The molecular weight excluding hydrogens is 345 g/mol. The van der Waals surface area contributed by atoms with E-state index in [1.807, 2.05) is 6.07 Å². The zero-order chi connectivity index (χ0) is 18.5. The van der Waals surface area contributed by atoms with Crippen LogP contribution in [0.3, 0.4) is 0 Å². The molecule has 2 atom stereocenters. The molecule has 0 aliphatic carbocycles. The molecule has 8 heteroatoms. The van der Waals surface area contributed by atoms with Crippen molar-refractivity contribution in [1.82, 2.24) is 10.3 Å². The third kappa shape index (κ3) is 2.74. The van der Waals surface area contributed by atoms with Gasteiger partial charge in [-0.05, 0) is 18.9 Å². The number of rotatable bonds is 2. The lowest BCUT2D eigenvalue weighted by Gasteiger charge is -2.28. The molecule has 2 aliphatic rings. The molecule has 3 heterocycles. The SMILES string of the molecule is N#Cc1c(N)nc2c(c1-c1ccccc1OC(F)(F)F)[C@H]1CC[C@@H](C2)N1. The topological polar surface area (TPSA) is 84.0 Å². The summed E-state index contributed by atoms with van der Waals surface area (Å²) in [7, 11) is 0. The molecule has 2 bridgehead atoms. The summed E-state index contributed by atoms with van der Waals surface area (Å²) in [5.41, 5.74) is 8.11. The summed E-state index contributed by atoms with van der Waals surface area (Å²) in [4.78, 5) is 4.37. The van der Waals surface area contributed by atoms with E-state index >= 15 is 0 Å². The van der Waals surface area contributed by atoms with Crippen LogP contribution in [-0.2, 0) is 6.42 Å². The summed E-state index contributed by atoms with van der Waals surface area (Å²) in [5, 5.41) is 13.0. The van der Waals surface area contributed by atoms with Crippen molar-refractivity contribution < 1.29 is 17.9 Å². The molecule has 2 aliphatic heterocycles. The third-order valence-electron chi connectivity index (χ3n) is 4.86. The predicted octanol–water partition coefficient (Wildman–Crippen LogP) is 3.45. The van der Waals surface area contributed by atoms with E-state index in [4.69, 9.17) is 5.73 Å². The highest BCUT2D eigenvalue weighted by molar-refractivity contribution is 5.83. The zero-order valence-electron chi connectivity index (χ0n) is 13.6. The lowest BCUT2D eigenvalue weighted by molar-refractivity contribution is -0.274. The number of alkyl halides is 3. The van der Waals surface area contributed by atoms with Crippen molar-refractivity contribution in [3.63, 3.8) is 0 Å². The Kier molecular flexibility index (Phi) is 3.77. The first-order chi connectivity index (χ1) is 12.4. The number of nitrogens with zero attached hydrogens (tertiary/aromatic N) is 2. The quantitative estimate of drug-likeness (QED) is 0.857. The Labute approximate surface area is 147 Å². The fourth-order valence-electron chi connectivity index (χ4n) is 3.92. The van der Waals surface area contributed by atoms with Gasteiger partial charge in [0.2, 0.25) is 0 Å². The minimum absolute atomic E-state index is 0.0318. The number of nitrogen functional groups attached to an aromatic ring is 1. The molecule has 0 amide bonds. The van der Waals surface area contributed by atoms with Gasteiger partial charge < -0.3 is 15.8 Å². The fourth-order valence-corrected chi connectivity index (χ4v) is 3.92. The van der Waals surface area contributed by atoms with Crippen LogP contribution in [0.15, 0.2) is 24.3 Å². The third-order valence-corrected chi connectivity index (χ3v) is 4.86. The summed E-state index contributed by atoms with van der Waals surface area (Å²) in [6.45, 7) is 0. The number of nitrogens with one attached hydrogen (secondary N) is 1. The molecule has 0 unspecified atom stereocenters. The van der Waals surface area contributed by atoms with Gasteiger partial charge in [0.05, 0.1) is 0 Å². The number of hydrogen-bond donors (Lipinski definition) is 2. The van der Waals surface area contributed by atoms with Gasteiger partial charge in [-0.25, -0.2) is 4.98 Å². The predicted molar refractivity (Wildman–Crippen MR) is 88.1 cm³/mol. The number of nitriles is 1. The van der Waals surface area contributed by atoms with E-state index in [0.717, 1.165) is 24.1 Å². The Morgan fingerprint density at radius 1 is 1.27 bits per heavy atom. The second-order valence-electron chi connectivity index (χ2n) is 6.46. The Morgan fingerprint density at radius 3 is 2.77 bits per heavy atom. The number of para-hydroxylation sites is 1. The van der Waals surface area contributed by atoms with E-state index in [2.05, 4.69) is 15.0 Å². The van der Waals surface area contributed by atoms with Crippen molar-refractivity contribution in [3.05, 3.63) is 41.1 Å². The van der Waals surface area contributed by atoms with Crippen LogP contribution in [0.25, 0.3) is 11.1 Å². The zero-order valence-corrected chi connectivity index (χ0v) is 13.6. The molecule has 0 spiro atoms. The standard InChI is InChI=1S/C18H15F3N4O/c19-18(20,21)26-14-4-2-1-3-10(14)15-11(8-22)17(23)25-13-7-9-5-6-12(24-9)16(13)15/h1-4,9,12,24H,5-7H2,(H2,23,25)/t9-,12+/m0/s1. The number of benzene rings is 1. The van der Waals surface area contributed by atoms with Crippen molar-refractivity contribution in [2.75, 3.05) is 5.73 Å². The van der Waals surface area contributed by atoms with E-state index < -0.39 is 6.36 Å². The number of aromatic nitrogens is 1. The normalized spacial score (nSPS) is 21.2. The Hall–Kier alpha value is -2.79. The summed E-state index contributed by atoms with van der Waals surface area (Å²) in [6, 6.07) is 8.04. The fraction of sp³-hybridized carbons (Fsp3) is 0.333. The second-order valence-corrected chi connectivity index (χ2v) is 6.46. The van der Waals surface area contributed by atoms with Gasteiger partial charge in [0.15, 0.2) is 0 Å². The highest BCUT2D eigenvalue weighted by Gasteiger charge is 2.38. The molecule has 0 radical (unpaired) electrons. The van der Waals surface area contributed by atoms with Crippen LogP contribution in [-0.4, -0.2) is 17.4 Å². The second kappa shape index (κ2) is 5.88. The molecule has 1 aromatic heterocycles. The van der Waals surface area contributed by atoms with Crippen LogP contribution in [0.1, 0.15) is 35.7 Å². The average Bonchev–Trinajstić information content (AvgIpc) is 2.95. The monoisotopic (exact) mass is 360 g/mol. The van der Waals surface area contributed by atoms with Crippen LogP contribution in [0.4, 0.5) is 19.0 Å².